The van der Waals surface area contributed by atoms with E-state index in [1.165, 1.54) is 5.56 Å². The molecule has 0 fully saturated rings. The molecular formula is C22H33N5O. The molecule has 0 saturated heterocycles. The van der Waals surface area contributed by atoms with Crippen molar-refractivity contribution >= 4 is 11.8 Å². The minimum absolute atomic E-state index is 0.118. The summed E-state index contributed by atoms with van der Waals surface area (Å²) < 4.78 is 5.76. The number of benzene rings is 1. The second kappa shape index (κ2) is 10.5. The quantitative estimate of drug-likeness (QED) is 0.539. The summed E-state index contributed by atoms with van der Waals surface area (Å²) in [6, 6.07) is 12.4. The first-order chi connectivity index (χ1) is 13.4. The molecule has 1 unspecified atom stereocenters. The highest BCUT2D eigenvalue weighted by Gasteiger charge is 2.10. The summed E-state index contributed by atoms with van der Waals surface area (Å²) in [5.74, 6) is 3.12. The molecule has 1 aromatic carbocycles. The molecule has 0 amide bonds. The molecule has 1 aromatic heterocycles. The van der Waals surface area contributed by atoms with E-state index in [0.717, 1.165) is 29.7 Å². The Morgan fingerprint density at radius 3 is 2.46 bits per heavy atom. The summed E-state index contributed by atoms with van der Waals surface area (Å²) in [7, 11) is 5.77. The monoisotopic (exact) mass is 383 g/mol. The zero-order valence-corrected chi connectivity index (χ0v) is 17.9. The van der Waals surface area contributed by atoms with Crippen LogP contribution in [0.5, 0.6) is 5.75 Å². The maximum Gasteiger partial charge on any atom is 0.191 e. The van der Waals surface area contributed by atoms with E-state index in [2.05, 4.69) is 59.6 Å². The predicted octanol–water partition coefficient (Wildman–Crippen LogP) is 3.61. The molecule has 0 bridgehead atoms. The number of ether oxygens (including phenoxy) is 1. The third kappa shape index (κ3) is 6.44. The van der Waals surface area contributed by atoms with Crippen molar-refractivity contribution in [3.05, 3.63) is 53.7 Å². The van der Waals surface area contributed by atoms with Crippen molar-refractivity contribution in [1.29, 1.82) is 0 Å². The molecule has 0 saturated carbocycles. The van der Waals surface area contributed by atoms with Crippen LogP contribution in [0.15, 0.2) is 47.6 Å². The predicted molar refractivity (Wildman–Crippen MR) is 117 cm³/mol. The van der Waals surface area contributed by atoms with Crippen molar-refractivity contribution in [2.45, 2.75) is 33.4 Å². The van der Waals surface area contributed by atoms with Gasteiger partial charge in [0, 0.05) is 39.4 Å². The molecule has 0 radical (unpaired) electrons. The lowest BCUT2D eigenvalue weighted by atomic mass is 10.1. The smallest absolute Gasteiger partial charge is 0.191 e. The standard InChI is InChI=1S/C22H33N5O/c1-16(2)15-28-20-11-9-18(10-12-20)17(3)26-22(23-4)25-14-19-8-7-13-24-21(19)27(5)6/h7-13,16-17H,14-15H2,1-6H3,(H2,23,25,26). The number of guanidine groups is 1. The fourth-order valence-corrected chi connectivity index (χ4v) is 2.75. The van der Waals surface area contributed by atoms with E-state index in [1.54, 1.807) is 7.05 Å². The van der Waals surface area contributed by atoms with Gasteiger partial charge in [-0.15, -0.1) is 0 Å². The summed E-state index contributed by atoms with van der Waals surface area (Å²) in [5, 5.41) is 6.81. The highest BCUT2D eigenvalue weighted by Crippen LogP contribution is 2.18. The molecule has 0 aliphatic carbocycles. The number of aromatic nitrogens is 1. The fraction of sp³-hybridized carbons (Fsp3) is 0.455. The molecule has 2 rings (SSSR count). The second-order valence-electron chi connectivity index (χ2n) is 7.45. The zero-order chi connectivity index (χ0) is 20.5. The van der Waals surface area contributed by atoms with Gasteiger partial charge < -0.3 is 20.3 Å². The van der Waals surface area contributed by atoms with Crippen molar-refractivity contribution in [3.63, 3.8) is 0 Å². The van der Waals surface area contributed by atoms with Crippen LogP contribution in [0.1, 0.15) is 37.9 Å². The van der Waals surface area contributed by atoms with Gasteiger partial charge in [0.1, 0.15) is 11.6 Å². The van der Waals surface area contributed by atoms with Crippen molar-refractivity contribution in [2.75, 3.05) is 32.6 Å². The van der Waals surface area contributed by atoms with E-state index < -0.39 is 0 Å². The maximum absolute atomic E-state index is 5.76. The topological polar surface area (TPSA) is 61.8 Å². The molecule has 2 N–H and O–H groups in total. The van der Waals surface area contributed by atoms with Crippen LogP contribution in [0, 0.1) is 5.92 Å². The summed E-state index contributed by atoms with van der Waals surface area (Å²) in [4.78, 5) is 10.8. The third-order valence-electron chi connectivity index (χ3n) is 4.28. The molecule has 6 nitrogen and oxygen atoms in total. The number of aliphatic imine (C=N–C) groups is 1. The number of anilines is 1. The van der Waals surface area contributed by atoms with Crippen LogP contribution in [0.2, 0.25) is 0 Å². The first kappa shape index (κ1) is 21.5. The summed E-state index contributed by atoms with van der Waals surface area (Å²) in [5.41, 5.74) is 2.30. The normalized spacial score (nSPS) is 12.6. The average molecular weight is 384 g/mol. The third-order valence-corrected chi connectivity index (χ3v) is 4.28. The van der Waals surface area contributed by atoms with Crippen molar-refractivity contribution in [1.82, 2.24) is 15.6 Å². The Hall–Kier alpha value is -2.76. The van der Waals surface area contributed by atoms with Crippen LogP contribution < -0.4 is 20.3 Å². The van der Waals surface area contributed by atoms with Gasteiger partial charge in [-0.2, -0.15) is 0 Å². The minimum Gasteiger partial charge on any atom is -0.493 e. The summed E-state index contributed by atoms with van der Waals surface area (Å²) in [6.07, 6.45) is 1.81. The lowest BCUT2D eigenvalue weighted by Crippen LogP contribution is -2.38. The number of hydrogen-bond acceptors (Lipinski definition) is 4. The molecule has 1 atom stereocenters. The van der Waals surface area contributed by atoms with Crippen molar-refractivity contribution in [2.24, 2.45) is 10.9 Å². The van der Waals surface area contributed by atoms with Crippen LogP contribution in [0.3, 0.4) is 0 Å². The summed E-state index contributed by atoms with van der Waals surface area (Å²) >= 11 is 0. The Morgan fingerprint density at radius 2 is 1.86 bits per heavy atom. The SMILES string of the molecule is CN=C(NCc1cccnc1N(C)C)NC(C)c1ccc(OCC(C)C)cc1. The van der Waals surface area contributed by atoms with Gasteiger partial charge in [-0.05, 0) is 36.6 Å². The van der Waals surface area contributed by atoms with Crippen LogP contribution in [0.25, 0.3) is 0 Å². The van der Waals surface area contributed by atoms with Crippen LogP contribution >= 0.6 is 0 Å². The number of pyridine rings is 1. The van der Waals surface area contributed by atoms with Gasteiger partial charge in [-0.1, -0.05) is 32.0 Å². The number of nitrogens with one attached hydrogen (secondary N) is 2. The molecule has 2 aromatic rings. The Bertz CT molecular complexity index is 756. The molecular weight excluding hydrogens is 350 g/mol. The Morgan fingerprint density at radius 1 is 1.14 bits per heavy atom. The average Bonchev–Trinajstić information content (AvgIpc) is 2.69. The van der Waals surface area contributed by atoms with E-state index in [-0.39, 0.29) is 6.04 Å². The summed E-state index contributed by atoms with van der Waals surface area (Å²) in [6.45, 7) is 7.78. The maximum atomic E-state index is 5.76. The lowest BCUT2D eigenvalue weighted by Gasteiger charge is -2.20. The molecule has 28 heavy (non-hydrogen) atoms. The Balaban J connectivity index is 1.94. The number of hydrogen-bond donors (Lipinski definition) is 2. The minimum atomic E-state index is 0.118. The van der Waals surface area contributed by atoms with Gasteiger partial charge in [0.05, 0.1) is 12.6 Å². The van der Waals surface area contributed by atoms with Gasteiger partial charge in [0.2, 0.25) is 0 Å². The van der Waals surface area contributed by atoms with Gasteiger partial charge in [0.15, 0.2) is 5.96 Å². The molecule has 1 heterocycles. The molecule has 0 aliphatic heterocycles. The van der Waals surface area contributed by atoms with Crippen LogP contribution in [-0.4, -0.2) is 38.7 Å². The van der Waals surface area contributed by atoms with Gasteiger partial charge in [-0.25, -0.2) is 4.98 Å². The van der Waals surface area contributed by atoms with Gasteiger partial charge >= 0.3 is 0 Å². The van der Waals surface area contributed by atoms with Crippen molar-refractivity contribution < 1.29 is 4.74 Å². The van der Waals surface area contributed by atoms with E-state index in [4.69, 9.17) is 4.74 Å². The lowest BCUT2D eigenvalue weighted by molar-refractivity contribution is 0.271. The van der Waals surface area contributed by atoms with E-state index >= 15 is 0 Å². The molecule has 0 aliphatic rings. The largest absolute Gasteiger partial charge is 0.493 e. The Labute approximate surface area is 169 Å². The Kier molecular flexibility index (Phi) is 8.11. The number of rotatable bonds is 8. The van der Waals surface area contributed by atoms with Crippen molar-refractivity contribution in [3.8, 4) is 5.75 Å². The highest BCUT2D eigenvalue weighted by molar-refractivity contribution is 5.80. The van der Waals surface area contributed by atoms with Crippen LogP contribution in [-0.2, 0) is 6.54 Å². The molecule has 0 spiro atoms. The first-order valence-corrected chi connectivity index (χ1v) is 9.71. The highest BCUT2D eigenvalue weighted by atomic mass is 16.5. The first-order valence-electron chi connectivity index (χ1n) is 9.71. The van der Waals surface area contributed by atoms with E-state index in [9.17, 15) is 0 Å². The van der Waals surface area contributed by atoms with E-state index in [1.807, 2.05) is 43.4 Å². The molecule has 6 heteroatoms. The van der Waals surface area contributed by atoms with E-state index in [0.29, 0.717) is 12.5 Å². The fourth-order valence-electron chi connectivity index (χ4n) is 2.75. The van der Waals surface area contributed by atoms with Crippen LogP contribution in [0.4, 0.5) is 5.82 Å². The van der Waals surface area contributed by atoms with Gasteiger partial charge in [-0.3, -0.25) is 4.99 Å². The van der Waals surface area contributed by atoms with Gasteiger partial charge in [0.25, 0.3) is 0 Å². The second-order valence-corrected chi connectivity index (χ2v) is 7.45. The molecule has 152 valence electrons. The zero-order valence-electron chi connectivity index (χ0n) is 17.9. The number of nitrogens with zero attached hydrogens (tertiary/aromatic N) is 3.